The topological polar surface area (TPSA) is 157 Å². The van der Waals surface area contributed by atoms with Gasteiger partial charge in [0.2, 0.25) is 0 Å². The van der Waals surface area contributed by atoms with Crippen LogP contribution in [0, 0.1) is 11.8 Å². The summed E-state index contributed by atoms with van der Waals surface area (Å²) in [5.74, 6) is -2.17. The molecule has 0 bridgehead atoms. The molecule has 0 saturated heterocycles. The Labute approximate surface area is 284 Å². The van der Waals surface area contributed by atoms with E-state index in [4.69, 9.17) is 54.6 Å². The molecule has 3 N–H and O–H groups in total. The van der Waals surface area contributed by atoms with Gasteiger partial charge in [-0.3, -0.25) is 19.2 Å². The number of carbonyl (C=O) groups is 4. The van der Waals surface area contributed by atoms with Gasteiger partial charge in [-0.25, -0.2) is 30.1 Å². The van der Waals surface area contributed by atoms with Crippen molar-refractivity contribution in [1.82, 2.24) is 0 Å². The van der Waals surface area contributed by atoms with E-state index in [2.05, 4.69) is 0 Å². The van der Waals surface area contributed by atoms with Gasteiger partial charge in [0.25, 0.3) is 0 Å². The minimum absolute atomic E-state index is 0.00355. The number of rotatable bonds is 11. The Hall–Kier alpha value is -2.76. The fourth-order valence-electron chi connectivity index (χ4n) is 3.79. The molecular weight excluding hydrogens is 706 g/mol. The summed E-state index contributed by atoms with van der Waals surface area (Å²) in [7, 11) is 19.4. The number of carboxylic acid groups (broad SMARTS) is 2. The first kappa shape index (κ1) is 38.4. The number of carboxylic acids is 2. The molecule has 0 saturated carbocycles. The molecule has 0 aliphatic rings. The number of ketones is 2. The first-order valence-corrected chi connectivity index (χ1v) is 19.9. The van der Waals surface area contributed by atoms with E-state index in [1.165, 1.54) is 49.7 Å². The third kappa shape index (κ3) is 11.2. The molecule has 0 spiro atoms. The van der Waals surface area contributed by atoms with Gasteiger partial charge >= 0.3 is 23.3 Å². The zero-order valence-electron chi connectivity index (χ0n) is 24.8. The van der Waals surface area contributed by atoms with Crippen molar-refractivity contribution in [3.05, 3.63) is 46.2 Å². The number of hydrogen-bond acceptors (Lipinski definition) is 10. The number of phenols is 1. The Balaban J connectivity index is 0.000000281. The number of hydrogen-bond donors (Lipinski definition) is 3. The highest BCUT2D eigenvalue weighted by Gasteiger charge is 2.21. The van der Waals surface area contributed by atoms with Crippen molar-refractivity contribution in [1.29, 1.82) is 0 Å². The molecule has 4 rings (SSSR count). The second-order valence-corrected chi connectivity index (χ2v) is 18.1. The molecule has 2 aromatic heterocycles. The minimum Gasteiger partial charge on any atom is -0.504 e. The van der Waals surface area contributed by atoms with E-state index in [1.807, 2.05) is 12.1 Å². The molecule has 2 aromatic carbocycles. The molecule has 0 radical (unpaired) electrons. The number of aromatic hydroxyl groups is 1. The van der Waals surface area contributed by atoms with E-state index >= 15 is 0 Å². The number of Topliss-reactive ketones (excluding diaryl/α,β-unsaturated/α-hetero) is 2. The largest absolute Gasteiger partial charge is 0.643 e. The van der Waals surface area contributed by atoms with Crippen LogP contribution in [0.15, 0.2) is 36.4 Å². The third-order valence-electron chi connectivity index (χ3n) is 6.22. The molecule has 4 aromatic rings. The first-order chi connectivity index (χ1) is 21.1. The zero-order valence-corrected chi connectivity index (χ0v) is 29.8. The standard InChI is InChI=1S/C15H16O5S.C14H14O5S.Al.3ClH/c1-8(15(17)18)4-10(16)14-6-9-5-11(19-2)12(20-3)7-13(9)21-14;1-7(14(17)18)3-10(16)13-5-8-4-11(19-2)9(15)6-12(8)20-13;;;;/h5-8H,4H2,1-3H3,(H,17,18);4-7,15H,3H2,1-2H3,(H,17,18);;3*1H/q;;+3;;;/p-3/t8-;7-;;;;/m00..../s1. The molecule has 2 atom stereocenters. The molecule has 242 valence electrons. The number of benzene rings is 2. The van der Waals surface area contributed by atoms with Gasteiger partial charge in [-0.1, -0.05) is 13.8 Å². The maximum absolute atomic E-state index is 12.1. The summed E-state index contributed by atoms with van der Waals surface area (Å²) in [6.45, 7) is 3.03. The Bertz CT molecular complexity index is 1630. The second-order valence-electron chi connectivity index (χ2n) is 9.51. The number of halogens is 3. The number of aliphatic carboxylic acids is 2. The van der Waals surface area contributed by atoms with Crippen molar-refractivity contribution in [2.45, 2.75) is 26.7 Å². The Kier molecular flexibility index (Phi) is 15.2. The van der Waals surface area contributed by atoms with Crippen LogP contribution in [0.25, 0.3) is 20.2 Å². The Morgan fingerprint density at radius 1 is 0.689 bits per heavy atom. The van der Waals surface area contributed by atoms with Crippen LogP contribution in [0.1, 0.15) is 46.0 Å². The lowest BCUT2D eigenvalue weighted by atomic mass is 10.0. The monoisotopic (exact) mass is 734 g/mol. The average Bonchev–Trinajstić information content (AvgIpc) is 3.59. The maximum Gasteiger partial charge on any atom is 0.643 e. The zero-order chi connectivity index (χ0) is 34.0. The highest BCUT2D eigenvalue weighted by molar-refractivity contribution is 7.54. The van der Waals surface area contributed by atoms with Crippen molar-refractivity contribution in [2.24, 2.45) is 11.8 Å². The van der Waals surface area contributed by atoms with Crippen molar-refractivity contribution in [3.63, 3.8) is 0 Å². The van der Waals surface area contributed by atoms with Crippen LogP contribution >= 0.6 is 52.8 Å². The van der Waals surface area contributed by atoms with Gasteiger partial charge in [-0.05, 0) is 35.0 Å². The summed E-state index contributed by atoms with van der Waals surface area (Å²) in [6, 6.07) is 10.3. The van der Waals surface area contributed by atoms with Gasteiger partial charge in [0, 0.05) is 34.4 Å². The van der Waals surface area contributed by atoms with Gasteiger partial charge in [-0.15, -0.1) is 22.7 Å². The van der Waals surface area contributed by atoms with Crippen molar-refractivity contribution >= 4 is 108 Å². The normalized spacial score (nSPS) is 11.7. The van der Waals surface area contributed by atoms with Gasteiger partial charge in [0.15, 0.2) is 34.6 Å². The van der Waals surface area contributed by atoms with Crippen molar-refractivity contribution in [3.8, 4) is 23.0 Å². The van der Waals surface area contributed by atoms with E-state index in [0.29, 0.717) is 27.0 Å². The lowest BCUT2D eigenvalue weighted by molar-refractivity contribution is -0.141. The maximum atomic E-state index is 12.1. The summed E-state index contributed by atoms with van der Waals surface area (Å²) >= 11 is 0.842. The van der Waals surface area contributed by atoms with E-state index in [9.17, 15) is 24.3 Å². The summed E-state index contributed by atoms with van der Waals surface area (Å²) < 4.78 is 17.1. The Morgan fingerprint density at radius 3 is 1.42 bits per heavy atom. The molecule has 45 heavy (non-hydrogen) atoms. The van der Waals surface area contributed by atoms with Crippen molar-refractivity contribution < 1.29 is 48.7 Å². The SMILES string of the molecule is COc1cc2cc(C(=O)C[C@H](C)C(=O)O)sc2cc1O.COc1cc2cc(C(=O)C[C@H](C)C(=O)O)sc2cc1OC.[Cl][Al]([Cl])[Cl]. The van der Waals surface area contributed by atoms with E-state index in [0.717, 1.165) is 20.2 Å². The smallest absolute Gasteiger partial charge is 0.504 e. The summed E-state index contributed by atoms with van der Waals surface area (Å²) in [6.07, 6.45) is -0.0400. The van der Waals surface area contributed by atoms with Crippen LogP contribution in [-0.4, -0.2) is 71.5 Å². The van der Waals surface area contributed by atoms with Gasteiger partial charge in [0.1, 0.15) is 0 Å². The predicted molar refractivity (Wildman–Crippen MR) is 180 cm³/mol. The molecule has 2 heterocycles. The number of methoxy groups -OCH3 is 3. The van der Waals surface area contributed by atoms with E-state index in [-0.39, 0.29) is 30.2 Å². The predicted octanol–water partition coefficient (Wildman–Crippen LogP) is 7.81. The quantitative estimate of drug-likeness (QED) is 0.103. The van der Waals surface area contributed by atoms with E-state index < -0.39 is 35.2 Å². The summed E-state index contributed by atoms with van der Waals surface area (Å²) in [4.78, 5) is 46.8. The summed E-state index contributed by atoms with van der Waals surface area (Å²) in [5, 5.41) is 29.1. The average molecular weight is 736 g/mol. The first-order valence-electron chi connectivity index (χ1n) is 13.0. The van der Waals surface area contributed by atoms with Gasteiger partial charge < -0.3 is 29.5 Å². The van der Waals surface area contributed by atoms with Crippen LogP contribution in [0.3, 0.4) is 0 Å². The third-order valence-corrected chi connectivity index (χ3v) is 8.49. The number of fused-ring (bicyclic) bond motifs is 2. The molecule has 16 heteroatoms. The summed E-state index contributed by atoms with van der Waals surface area (Å²) in [5.41, 5.74) is 0. The fraction of sp³-hybridized carbons (Fsp3) is 0.310. The highest BCUT2D eigenvalue weighted by atomic mass is 35.8. The second kappa shape index (κ2) is 17.8. The lowest BCUT2D eigenvalue weighted by Crippen LogP contribution is -2.13. The molecule has 10 nitrogen and oxygen atoms in total. The Morgan fingerprint density at radius 2 is 1.04 bits per heavy atom. The number of phenolic OH excluding ortho intramolecular Hbond substituents is 1. The van der Waals surface area contributed by atoms with Crippen LogP contribution < -0.4 is 14.2 Å². The lowest BCUT2D eigenvalue weighted by Gasteiger charge is -2.06. The molecular formula is C29H30AlCl3O10S2. The van der Waals surface area contributed by atoms with Crippen molar-refractivity contribution in [2.75, 3.05) is 21.3 Å². The van der Waals surface area contributed by atoms with E-state index in [1.54, 1.807) is 32.4 Å². The molecule has 0 aliphatic carbocycles. The van der Waals surface area contributed by atoms with Crippen LogP contribution in [0.5, 0.6) is 23.0 Å². The molecule has 0 unspecified atom stereocenters. The van der Waals surface area contributed by atoms with Crippen LogP contribution in [-0.2, 0) is 9.59 Å². The molecule has 0 aliphatic heterocycles. The number of carbonyl (C=O) groups excluding carboxylic acids is 2. The molecule has 0 fully saturated rings. The highest BCUT2D eigenvalue weighted by Crippen LogP contribution is 2.38. The van der Waals surface area contributed by atoms with Gasteiger partial charge in [0.05, 0.1) is 42.9 Å². The fourth-order valence-corrected chi connectivity index (χ4v) is 5.84. The van der Waals surface area contributed by atoms with Crippen LogP contribution in [0.4, 0.5) is 0 Å². The molecule has 0 amide bonds. The number of thiophene rings is 2. The van der Waals surface area contributed by atoms with Crippen LogP contribution in [0.2, 0.25) is 0 Å². The number of ether oxygens (including phenoxy) is 3. The minimum atomic E-state index is -1.72. The van der Waals surface area contributed by atoms with Gasteiger partial charge in [-0.2, -0.15) is 0 Å².